The van der Waals surface area contributed by atoms with Crippen molar-refractivity contribution >= 4 is 11.0 Å². The van der Waals surface area contributed by atoms with Crippen LogP contribution in [0.5, 0.6) is 0 Å². The van der Waals surface area contributed by atoms with Crippen molar-refractivity contribution in [3.05, 3.63) is 30.0 Å². The number of benzene rings is 1. The predicted octanol–water partition coefficient (Wildman–Crippen LogP) is 2.35. The van der Waals surface area contributed by atoms with Crippen LogP contribution in [0.4, 0.5) is 0 Å². The molecule has 0 radical (unpaired) electrons. The summed E-state index contributed by atoms with van der Waals surface area (Å²) in [6, 6.07) is 7.00. The molecule has 1 unspecified atom stereocenters. The van der Waals surface area contributed by atoms with Gasteiger partial charge in [0.2, 0.25) is 0 Å². The molecule has 3 aliphatic rings. The van der Waals surface area contributed by atoms with Gasteiger partial charge in [-0.1, -0.05) is 17.3 Å². The van der Waals surface area contributed by atoms with E-state index in [4.69, 9.17) is 4.52 Å². The summed E-state index contributed by atoms with van der Waals surface area (Å²) in [5.41, 5.74) is 2.19. The van der Waals surface area contributed by atoms with Crippen molar-refractivity contribution in [2.24, 2.45) is 5.92 Å². The van der Waals surface area contributed by atoms with Crippen LogP contribution in [0.1, 0.15) is 18.4 Å². The lowest BCUT2D eigenvalue weighted by Gasteiger charge is -2.48. The number of rotatable bonds is 3. The molecule has 1 atom stereocenters. The SMILES string of the molecule is CN(Cc1cccc2cnoc12)C1CN2CCC1CC2. The van der Waals surface area contributed by atoms with Gasteiger partial charge in [0.15, 0.2) is 5.58 Å². The Kier molecular flexibility index (Phi) is 3.00. The Morgan fingerprint density at radius 3 is 2.95 bits per heavy atom. The summed E-state index contributed by atoms with van der Waals surface area (Å²) in [6.07, 6.45) is 4.52. The smallest absolute Gasteiger partial charge is 0.171 e. The number of likely N-dealkylation sites (N-methyl/N-ethyl adjacent to an activating group) is 1. The first kappa shape index (κ1) is 12.4. The predicted molar refractivity (Wildman–Crippen MR) is 78.4 cm³/mol. The van der Waals surface area contributed by atoms with Gasteiger partial charge in [0.1, 0.15) is 0 Å². The van der Waals surface area contributed by atoms with Crippen molar-refractivity contribution in [2.45, 2.75) is 25.4 Å². The van der Waals surface area contributed by atoms with Gasteiger partial charge in [-0.05, 0) is 45.0 Å². The minimum atomic E-state index is 0.690. The number of hydrogen-bond acceptors (Lipinski definition) is 4. The molecule has 5 rings (SSSR count). The first-order valence-electron chi connectivity index (χ1n) is 7.56. The first-order chi connectivity index (χ1) is 9.81. The fourth-order valence-corrected chi connectivity index (χ4v) is 3.90. The molecule has 0 aliphatic carbocycles. The molecule has 3 aliphatic heterocycles. The van der Waals surface area contributed by atoms with Crippen LogP contribution in [0, 0.1) is 5.92 Å². The quantitative estimate of drug-likeness (QED) is 0.858. The van der Waals surface area contributed by atoms with Crippen LogP contribution >= 0.6 is 0 Å². The standard InChI is InChI=1S/C16H21N3O/c1-18(15-11-19-7-5-12(15)6-8-19)10-14-4-2-3-13-9-17-20-16(13)14/h2-4,9,12,15H,5-8,10-11H2,1H3. The van der Waals surface area contributed by atoms with Gasteiger partial charge in [-0.2, -0.15) is 0 Å². The Balaban J connectivity index is 1.55. The zero-order valence-electron chi connectivity index (χ0n) is 12.0. The van der Waals surface area contributed by atoms with E-state index < -0.39 is 0 Å². The van der Waals surface area contributed by atoms with E-state index in [0.717, 1.165) is 23.4 Å². The highest BCUT2D eigenvalue weighted by Crippen LogP contribution is 2.31. The second-order valence-corrected chi connectivity index (χ2v) is 6.28. The summed E-state index contributed by atoms with van der Waals surface area (Å²) in [5, 5.41) is 5.02. The Morgan fingerprint density at radius 1 is 1.35 bits per heavy atom. The number of hydrogen-bond donors (Lipinski definition) is 0. The van der Waals surface area contributed by atoms with Crippen LogP contribution in [0.15, 0.2) is 28.9 Å². The normalized spacial score (nSPS) is 29.4. The van der Waals surface area contributed by atoms with Crippen LogP contribution in [0.25, 0.3) is 11.0 Å². The highest BCUT2D eigenvalue weighted by Gasteiger charge is 2.36. The molecule has 1 aromatic heterocycles. The molecule has 1 aromatic carbocycles. The minimum absolute atomic E-state index is 0.690. The summed E-state index contributed by atoms with van der Waals surface area (Å²) in [5.74, 6) is 0.874. The topological polar surface area (TPSA) is 32.5 Å². The average Bonchev–Trinajstić information content (AvgIpc) is 2.98. The second kappa shape index (κ2) is 4.86. The summed E-state index contributed by atoms with van der Waals surface area (Å²) in [6.45, 7) is 4.77. The Hall–Kier alpha value is -1.39. The maximum atomic E-state index is 5.41. The third-order valence-electron chi connectivity index (χ3n) is 5.07. The van der Waals surface area contributed by atoms with Crippen LogP contribution in [-0.2, 0) is 6.54 Å². The molecular weight excluding hydrogens is 250 g/mol. The largest absolute Gasteiger partial charge is 0.356 e. The van der Waals surface area contributed by atoms with Gasteiger partial charge in [-0.25, -0.2) is 0 Å². The van der Waals surface area contributed by atoms with Crippen molar-refractivity contribution in [1.29, 1.82) is 0 Å². The number of piperidine rings is 3. The van der Waals surface area contributed by atoms with Crippen LogP contribution in [0.3, 0.4) is 0 Å². The van der Waals surface area contributed by atoms with Gasteiger partial charge in [0.25, 0.3) is 0 Å². The maximum absolute atomic E-state index is 5.41. The van der Waals surface area contributed by atoms with Gasteiger partial charge < -0.3 is 9.42 Å². The molecule has 20 heavy (non-hydrogen) atoms. The van der Waals surface area contributed by atoms with Crippen molar-refractivity contribution < 1.29 is 4.52 Å². The summed E-state index contributed by atoms with van der Waals surface area (Å²) < 4.78 is 5.41. The Bertz CT molecular complexity index is 601. The molecule has 0 spiro atoms. The van der Waals surface area contributed by atoms with Gasteiger partial charge >= 0.3 is 0 Å². The third-order valence-corrected chi connectivity index (χ3v) is 5.07. The lowest BCUT2D eigenvalue weighted by molar-refractivity contribution is 0.0136. The molecular formula is C16H21N3O. The summed E-state index contributed by atoms with van der Waals surface area (Å²) in [7, 11) is 2.25. The molecule has 0 saturated carbocycles. The van der Waals surface area contributed by atoms with E-state index >= 15 is 0 Å². The van der Waals surface area contributed by atoms with E-state index in [2.05, 4.69) is 40.2 Å². The fourth-order valence-electron chi connectivity index (χ4n) is 3.90. The minimum Gasteiger partial charge on any atom is -0.356 e. The number of para-hydroxylation sites is 1. The van der Waals surface area contributed by atoms with E-state index in [9.17, 15) is 0 Å². The zero-order chi connectivity index (χ0) is 13.5. The van der Waals surface area contributed by atoms with Gasteiger partial charge in [0.05, 0.1) is 6.20 Å². The fraction of sp³-hybridized carbons (Fsp3) is 0.562. The lowest BCUT2D eigenvalue weighted by atomic mass is 9.83. The number of nitrogens with zero attached hydrogens (tertiary/aromatic N) is 3. The molecule has 106 valence electrons. The van der Waals surface area contributed by atoms with Crippen LogP contribution in [0.2, 0.25) is 0 Å². The van der Waals surface area contributed by atoms with Crippen molar-refractivity contribution in [1.82, 2.24) is 15.0 Å². The van der Waals surface area contributed by atoms with E-state index in [1.807, 2.05) is 0 Å². The number of aromatic nitrogens is 1. The molecule has 4 heteroatoms. The monoisotopic (exact) mass is 271 g/mol. The Labute approximate surface area is 119 Å². The van der Waals surface area contributed by atoms with Gasteiger partial charge in [-0.15, -0.1) is 0 Å². The molecule has 3 fully saturated rings. The van der Waals surface area contributed by atoms with E-state index in [0.29, 0.717) is 6.04 Å². The highest BCUT2D eigenvalue weighted by molar-refractivity contribution is 5.79. The van der Waals surface area contributed by atoms with Crippen molar-refractivity contribution in [2.75, 3.05) is 26.7 Å². The van der Waals surface area contributed by atoms with Crippen LogP contribution < -0.4 is 0 Å². The maximum Gasteiger partial charge on any atom is 0.171 e. The molecule has 4 nitrogen and oxygen atoms in total. The molecule has 2 bridgehead atoms. The van der Waals surface area contributed by atoms with Crippen molar-refractivity contribution in [3.8, 4) is 0 Å². The first-order valence-corrected chi connectivity index (χ1v) is 7.56. The molecule has 0 amide bonds. The summed E-state index contributed by atoms with van der Waals surface area (Å²) in [4.78, 5) is 5.11. The lowest BCUT2D eigenvalue weighted by Crippen LogP contribution is -2.56. The molecule has 4 heterocycles. The Morgan fingerprint density at radius 2 is 2.20 bits per heavy atom. The molecule has 0 N–H and O–H groups in total. The average molecular weight is 271 g/mol. The summed E-state index contributed by atoms with van der Waals surface area (Å²) >= 11 is 0. The van der Waals surface area contributed by atoms with Crippen molar-refractivity contribution in [3.63, 3.8) is 0 Å². The second-order valence-electron chi connectivity index (χ2n) is 6.28. The number of fused-ring (bicyclic) bond motifs is 4. The van der Waals surface area contributed by atoms with E-state index in [-0.39, 0.29) is 0 Å². The molecule has 3 saturated heterocycles. The van der Waals surface area contributed by atoms with Gasteiger partial charge in [0, 0.05) is 30.1 Å². The highest BCUT2D eigenvalue weighted by atomic mass is 16.5. The van der Waals surface area contributed by atoms with Gasteiger partial charge in [-0.3, -0.25) is 4.90 Å². The third kappa shape index (κ3) is 2.03. The van der Waals surface area contributed by atoms with E-state index in [1.165, 1.54) is 38.0 Å². The molecule has 2 aromatic rings. The van der Waals surface area contributed by atoms with Crippen LogP contribution in [-0.4, -0.2) is 47.7 Å². The zero-order valence-corrected chi connectivity index (χ0v) is 12.0. The van der Waals surface area contributed by atoms with E-state index in [1.54, 1.807) is 6.20 Å².